The fourth-order valence-electron chi connectivity index (χ4n) is 2.93. The van der Waals surface area contributed by atoms with Crippen molar-refractivity contribution in [3.63, 3.8) is 0 Å². The molecule has 1 heterocycles. The van der Waals surface area contributed by atoms with Crippen LogP contribution >= 0.6 is 0 Å². The summed E-state index contributed by atoms with van der Waals surface area (Å²) in [6, 6.07) is 4.57. The molecule has 154 valence electrons. The Labute approximate surface area is 163 Å². The minimum absolute atomic E-state index is 0.0388. The van der Waals surface area contributed by atoms with Crippen molar-refractivity contribution in [2.24, 2.45) is 0 Å². The lowest BCUT2D eigenvalue weighted by Gasteiger charge is -2.27. The van der Waals surface area contributed by atoms with Crippen LogP contribution in [0, 0.1) is 5.82 Å². The van der Waals surface area contributed by atoms with Crippen LogP contribution < -0.4 is 5.32 Å². The number of benzene rings is 1. The maximum atomic E-state index is 13.1. The van der Waals surface area contributed by atoms with Crippen molar-refractivity contribution in [2.75, 3.05) is 31.2 Å². The minimum Gasteiger partial charge on any atom is -0.454 e. The van der Waals surface area contributed by atoms with E-state index < -0.39 is 52.6 Å². The van der Waals surface area contributed by atoms with Gasteiger partial charge >= 0.3 is 5.97 Å². The Bertz CT molecular complexity index is 842. The highest BCUT2D eigenvalue weighted by Gasteiger charge is 2.34. The molecule has 8 nitrogen and oxygen atoms in total. The third-order valence-corrected chi connectivity index (χ3v) is 6.02. The molecule has 0 spiro atoms. The van der Waals surface area contributed by atoms with Gasteiger partial charge in [-0.15, -0.1) is 0 Å². The molecule has 0 bridgehead atoms. The number of esters is 1. The summed E-state index contributed by atoms with van der Waals surface area (Å²) in [5.74, 6) is -2.58. The number of nitrogens with zero attached hydrogens (tertiary/aromatic N) is 1. The van der Waals surface area contributed by atoms with Gasteiger partial charge in [-0.2, -0.15) is 0 Å². The van der Waals surface area contributed by atoms with Gasteiger partial charge in [0.1, 0.15) is 12.4 Å². The number of carbonyl (C=O) groups excluding carboxylic acids is 3. The second-order valence-electron chi connectivity index (χ2n) is 6.50. The first-order valence-corrected chi connectivity index (χ1v) is 10.7. The lowest BCUT2D eigenvalue weighted by atomic mass is 10.2. The van der Waals surface area contributed by atoms with Crippen molar-refractivity contribution in [1.82, 2.24) is 10.2 Å². The summed E-state index contributed by atoms with van der Waals surface area (Å²) >= 11 is 0. The van der Waals surface area contributed by atoms with E-state index in [0.29, 0.717) is 19.4 Å². The molecule has 1 aromatic carbocycles. The Balaban J connectivity index is 1.81. The summed E-state index contributed by atoms with van der Waals surface area (Å²) in [6.07, 6.45) is 1.01. The normalized spacial score (nSPS) is 17.7. The molecule has 0 radical (unpaired) electrons. The third-order valence-electron chi connectivity index (χ3n) is 4.27. The predicted molar refractivity (Wildman–Crippen MR) is 98.8 cm³/mol. The van der Waals surface area contributed by atoms with Crippen LogP contribution in [0.4, 0.5) is 4.39 Å². The number of nitrogens with one attached hydrogen (secondary N) is 1. The number of hydrogen-bond donors (Lipinski definition) is 1. The molecule has 0 aliphatic carbocycles. The van der Waals surface area contributed by atoms with E-state index in [4.69, 9.17) is 4.74 Å². The van der Waals surface area contributed by atoms with Crippen LogP contribution in [0.3, 0.4) is 0 Å². The van der Waals surface area contributed by atoms with E-state index in [1.807, 2.05) is 6.92 Å². The van der Waals surface area contributed by atoms with E-state index in [1.54, 1.807) is 0 Å². The van der Waals surface area contributed by atoms with Gasteiger partial charge in [0, 0.05) is 18.2 Å². The van der Waals surface area contributed by atoms with E-state index in [0.717, 1.165) is 6.07 Å². The van der Waals surface area contributed by atoms with Gasteiger partial charge in [0.25, 0.3) is 11.8 Å². The van der Waals surface area contributed by atoms with Gasteiger partial charge < -0.3 is 15.0 Å². The van der Waals surface area contributed by atoms with Crippen molar-refractivity contribution in [3.8, 4) is 0 Å². The largest absolute Gasteiger partial charge is 0.454 e. The van der Waals surface area contributed by atoms with Gasteiger partial charge in [-0.05, 0) is 31.0 Å². The molecule has 1 aromatic rings. The number of rotatable bonds is 8. The van der Waals surface area contributed by atoms with Gasteiger partial charge in [0.2, 0.25) is 0 Å². The molecular weight excluding hydrogens is 391 g/mol. The Morgan fingerprint density at radius 3 is 2.68 bits per heavy atom. The monoisotopic (exact) mass is 414 g/mol. The molecule has 0 unspecified atom stereocenters. The maximum absolute atomic E-state index is 13.1. The van der Waals surface area contributed by atoms with Crippen LogP contribution in [-0.4, -0.2) is 68.3 Å². The van der Waals surface area contributed by atoms with E-state index in [-0.39, 0.29) is 17.1 Å². The zero-order valence-electron chi connectivity index (χ0n) is 15.5. The number of halogens is 1. The van der Waals surface area contributed by atoms with Crippen molar-refractivity contribution in [3.05, 3.63) is 35.6 Å². The van der Waals surface area contributed by atoms with Crippen molar-refractivity contribution >= 4 is 27.6 Å². The lowest BCUT2D eigenvalue weighted by molar-refractivity contribution is -0.152. The fourth-order valence-corrected chi connectivity index (χ4v) is 4.66. The average Bonchev–Trinajstić information content (AvgIpc) is 3.01. The summed E-state index contributed by atoms with van der Waals surface area (Å²) in [6.45, 7) is 1.21. The first-order chi connectivity index (χ1) is 13.2. The Kier molecular flexibility index (Phi) is 7.50. The molecule has 2 amide bonds. The smallest absolute Gasteiger partial charge is 0.325 e. The molecule has 1 atom stereocenters. The predicted octanol–water partition coefficient (Wildman–Crippen LogP) is 0.524. The topological polar surface area (TPSA) is 110 Å². The van der Waals surface area contributed by atoms with Crippen molar-refractivity contribution < 1.29 is 31.9 Å². The number of carbonyl (C=O) groups is 3. The summed E-state index contributed by atoms with van der Waals surface area (Å²) in [5.41, 5.74) is 0.0560. The van der Waals surface area contributed by atoms with Gasteiger partial charge in [-0.1, -0.05) is 13.0 Å². The van der Waals surface area contributed by atoms with Crippen LogP contribution in [0.1, 0.15) is 30.1 Å². The molecule has 0 saturated carbocycles. The average molecular weight is 414 g/mol. The highest BCUT2D eigenvalue weighted by Crippen LogP contribution is 2.18. The third kappa shape index (κ3) is 6.29. The molecule has 1 aliphatic rings. The SMILES string of the molecule is CCCN(C(=O)COC(=O)CNC(=O)c1cccc(F)c1)[C@@H]1CCS(=O)(=O)C1. The Morgan fingerprint density at radius 2 is 2.07 bits per heavy atom. The molecule has 0 aromatic heterocycles. The molecule has 10 heteroatoms. The quantitative estimate of drug-likeness (QED) is 0.621. The zero-order chi connectivity index (χ0) is 20.7. The first kappa shape index (κ1) is 21.8. The van der Waals surface area contributed by atoms with Crippen LogP contribution in [0.25, 0.3) is 0 Å². The Morgan fingerprint density at radius 1 is 1.32 bits per heavy atom. The highest BCUT2D eigenvalue weighted by atomic mass is 32.2. The highest BCUT2D eigenvalue weighted by molar-refractivity contribution is 7.91. The number of sulfone groups is 1. The molecule has 1 saturated heterocycles. The molecule has 1 fully saturated rings. The number of hydrogen-bond acceptors (Lipinski definition) is 6. The first-order valence-electron chi connectivity index (χ1n) is 8.91. The van der Waals surface area contributed by atoms with Gasteiger partial charge in [0.05, 0.1) is 11.5 Å². The van der Waals surface area contributed by atoms with E-state index in [1.165, 1.54) is 23.1 Å². The van der Waals surface area contributed by atoms with Crippen LogP contribution in [0.2, 0.25) is 0 Å². The van der Waals surface area contributed by atoms with Crippen LogP contribution in [0.5, 0.6) is 0 Å². The standard InChI is InChI=1S/C18H23FN2O6S/c1-2-7-21(15-6-8-28(25,26)12-15)16(22)11-27-17(23)10-20-18(24)13-4-3-5-14(19)9-13/h3-5,9,15H,2,6-8,10-12H2,1H3,(H,20,24)/t15-/m1/s1. The molecule has 2 rings (SSSR count). The van der Waals surface area contributed by atoms with Crippen LogP contribution in [-0.2, 0) is 24.2 Å². The summed E-state index contributed by atoms with van der Waals surface area (Å²) in [4.78, 5) is 37.4. The van der Waals surface area contributed by atoms with Crippen molar-refractivity contribution in [1.29, 1.82) is 0 Å². The lowest BCUT2D eigenvalue weighted by Crippen LogP contribution is -2.44. The summed E-state index contributed by atoms with van der Waals surface area (Å²) < 4.78 is 41.3. The van der Waals surface area contributed by atoms with Gasteiger partial charge in [0.15, 0.2) is 16.4 Å². The van der Waals surface area contributed by atoms with E-state index >= 15 is 0 Å². The minimum atomic E-state index is -3.15. The molecule has 28 heavy (non-hydrogen) atoms. The van der Waals surface area contributed by atoms with Gasteiger partial charge in [-0.3, -0.25) is 14.4 Å². The number of amides is 2. The molecule has 1 aliphatic heterocycles. The Hall–Kier alpha value is -2.49. The number of ether oxygens (including phenoxy) is 1. The summed E-state index contributed by atoms with van der Waals surface area (Å²) in [5, 5.41) is 2.29. The van der Waals surface area contributed by atoms with Crippen LogP contribution in [0.15, 0.2) is 24.3 Å². The van der Waals surface area contributed by atoms with Crippen molar-refractivity contribution in [2.45, 2.75) is 25.8 Å². The maximum Gasteiger partial charge on any atom is 0.325 e. The second kappa shape index (κ2) is 9.63. The van der Waals surface area contributed by atoms with E-state index in [9.17, 15) is 27.2 Å². The molecular formula is C18H23FN2O6S. The van der Waals surface area contributed by atoms with Gasteiger partial charge in [-0.25, -0.2) is 12.8 Å². The zero-order valence-corrected chi connectivity index (χ0v) is 16.3. The van der Waals surface area contributed by atoms with E-state index in [2.05, 4.69) is 5.32 Å². The summed E-state index contributed by atoms with van der Waals surface area (Å²) in [7, 11) is -3.15. The molecule has 1 N–H and O–H groups in total. The fraction of sp³-hybridized carbons (Fsp3) is 0.500. The second-order valence-corrected chi connectivity index (χ2v) is 8.73.